The van der Waals surface area contributed by atoms with Gasteiger partial charge in [0.15, 0.2) is 6.61 Å². The van der Waals surface area contributed by atoms with E-state index in [9.17, 15) is 9.59 Å². The third-order valence-corrected chi connectivity index (χ3v) is 3.13. The van der Waals surface area contributed by atoms with Crippen LogP contribution in [0.2, 0.25) is 5.02 Å². The minimum Gasteiger partial charge on any atom is -0.483 e. The number of carbonyl (C=O) groups is 2. The topological polar surface area (TPSA) is 64.6 Å². The lowest BCUT2D eigenvalue weighted by molar-refractivity contribution is -0.118. The lowest BCUT2D eigenvalue weighted by Crippen LogP contribution is -2.21. The standard InChI is InChI=1S/C16H14ClNO4/c1-21-16(20)11-6-2-5-9-14(11)22-10-15(19)18-13-8-4-3-7-12(13)17/h2-9H,10H2,1H3,(H,18,19). The Labute approximate surface area is 132 Å². The van der Waals surface area contributed by atoms with Gasteiger partial charge in [-0.3, -0.25) is 4.79 Å². The van der Waals surface area contributed by atoms with Gasteiger partial charge in [-0.2, -0.15) is 0 Å². The summed E-state index contributed by atoms with van der Waals surface area (Å²) in [6, 6.07) is 13.4. The van der Waals surface area contributed by atoms with Gasteiger partial charge < -0.3 is 14.8 Å². The molecular formula is C16H14ClNO4. The summed E-state index contributed by atoms with van der Waals surface area (Å²) in [5.41, 5.74) is 0.759. The SMILES string of the molecule is COC(=O)c1ccccc1OCC(=O)Nc1ccccc1Cl. The van der Waals surface area contributed by atoms with Gasteiger partial charge in [0.25, 0.3) is 5.91 Å². The highest BCUT2D eigenvalue weighted by Crippen LogP contribution is 2.21. The van der Waals surface area contributed by atoms with E-state index in [1.165, 1.54) is 7.11 Å². The zero-order valence-electron chi connectivity index (χ0n) is 11.8. The molecule has 0 bridgehead atoms. The van der Waals surface area contributed by atoms with Crippen LogP contribution in [0.5, 0.6) is 5.75 Å². The van der Waals surface area contributed by atoms with Gasteiger partial charge in [-0.1, -0.05) is 35.9 Å². The van der Waals surface area contributed by atoms with Gasteiger partial charge in [0, 0.05) is 0 Å². The van der Waals surface area contributed by atoms with Crippen molar-refractivity contribution in [1.29, 1.82) is 0 Å². The Morgan fingerprint density at radius 3 is 2.50 bits per heavy atom. The van der Waals surface area contributed by atoms with Gasteiger partial charge in [0.2, 0.25) is 0 Å². The van der Waals surface area contributed by atoms with E-state index in [-0.39, 0.29) is 23.8 Å². The van der Waals surface area contributed by atoms with Crippen molar-refractivity contribution >= 4 is 29.2 Å². The van der Waals surface area contributed by atoms with E-state index in [1.54, 1.807) is 48.5 Å². The molecule has 5 nitrogen and oxygen atoms in total. The van der Waals surface area contributed by atoms with Crippen LogP contribution in [0.4, 0.5) is 5.69 Å². The highest BCUT2D eigenvalue weighted by atomic mass is 35.5. The number of anilines is 1. The predicted molar refractivity (Wildman–Crippen MR) is 83.4 cm³/mol. The maximum absolute atomic E-state index is 11.9. The Balaban J connectivity index is 2.00. The minimum atomic E-state index is -0.526. The van der Waals surface area contributed by atoms with Gasteiger partial charge in [-0.05, 0) is 24.3 Å². The molecule has 0 saturated carbocycles. The lowest BCUT2D eigenvalue weighted by Gasteiger charge is -2.11. The molecule has 22 heavy (non-hydrogen) atoms. The van der Waals surface area contributed by atoms with Crippen molar-refractivity contribution in [2.75, 3.05) is 19.0 Å². The Morgan fingerprint density at radius 2 is 1.77 bits per heavy atom. The Morgan fingerprint density at radius 1 is 1.09 bits per heavy atom. The maximum atomic E-state index is 11.9. The van der Waals surface area contributed by atoms with Crippen molar-refractivity contribution in [3.05, 3.63) is 59.1 Å². The van der Waals surface area contributed by atoms with Crippen LogP contribution in [-0.4, -0.2) is 25.6 Å². The molecule has 2 aromatic rings. The van der Waals surface area contributed by atoms with Crippen LogP contribution in [0.25, 0.3) is 0 Å². The molecule has 0 atom stereocenters. The highest BCUT2D eigenvalue weighted by Gasteiger charge is 2.13. The van der Waals surface area contributed by atoms with Crippen molar-refractivity contribution in [2.24, 2.45) is 0 Å². The van der Waals surface area contributed by atoms with Crippen LogP contribution in [-0.2, 0) is 9.53 Å². The summed E-state index contributed by atoms with van der Waals surface area (Å²) in [6.45, 7) is -0.251. The molecule has 0 aliphatic rings. The smallest absolute Gasteiger partial charge is 0.341 e. The fraction of sp³-hybridized carbons (Fsp3) is 0.125. The number of carbonyl (C=O) groups excluding carboxylic acids is 2. The molecule has 114 valence electrons. The van der Waals surface area contributed by atoms with Crippen molar-refractivity contribution in [3.8, 4) is 5.75 Å². The van der Waals surface area contributed by atoms with E-state index < -0.39 is 5.97 Å². The third-order valence-electron chi connectivity index (χ3n) is 2.80. The second-order valence-electron chi connectivity index (χ2n) is 4.30. The largest absolute Gasteiger partial charge is 0.483 e. The number of rotatable bonds is 5. The first-order valence-corrected chi connectivity index (χ1v) is 6.84. The molecule has 2 rings (SSSR count). The highest BCUT2D eigenvalue weighted by molar-refractivity contribution is 6.33. The zero-order chi connectivity index (χ0) is 15.9. The van der Waals surface area contributed by atoms with Crippen LogP contribution in [0.15, 0.2) is 48.5 Å². The van der Waals surface area contributed by atoms with E-state index in [1.807, 2.05) is 0 Å². The van der Waals surface area contributed by atoms with Crippen LogP contribution in [0, 0.1) is 0 Å². The number of ether oxygens (including phenoxy) is 2. The van der Waals surface area contributed by atoms with E-state index in [0.717, 1.165) is 0 Å². The van der Waals surface area contributed by atoms with Crippen molar-refractivity contribution in [1.82, 2.24) is 0 Å². The Bertz CT molecular complexity index is 687. The molecule has 0 fully saturated rings. The number of para-hydroxylation sites is 2. The summed E-state index contributed by atoms with van der Waals surface area (Å²) in [7, 11) is 1.28. The molecule has 0 saturated heterocycles. The first-order valence-electron chi connectivity index (χ1n) is 6.46. The third kappa shape index (κ3) is 3.99. The number of amides is 1. The summed E-state index contributed by atoms with van der Waals surface area (Å²) in [5.74, 6) is -0.626. The average molecular weight is 320 g/mol. The van der Waals surface area contributed by atoms with Crippen LogP contribution in [0.3, 0.4) is 0 Å². The predicted octanol–water partition coefficient (Wildman–Crippen LogP) is 3.14. The zero-order valence-corrected chi connectivity index (χ0v) is 12.6. The summed E-state index contributed by atoms with van der Waals surface area (Å²) in [4.78, 5) is 23.5. The molecule has 0 aromatic heterocycles. The molecule has 0 aliphatic carbocycles. The molecule has 0 spiro atoms. The van der Waals surface area contributed by atoms with Gasteiger partial charge in [0.05, 0.1) is 17.8 Å². The minimum absolute atomic E-state index is 0.251. The summed E-state index contributed by atoms with van der Waals surface area (Å²) in [6.07, 6.45) is 0. The number of methoxy groups -OCH3 is 1. The van der Waals surface area contributed by atoms with Crippen LogP contribution in [0.1, 0.15) is 10.4 Å². The first-order chi connectivity index (χ1) is 10.6. The number of benzene rings is 2. The van der Waals surface area contributed by atoms with Crippen LogP contribution < -0.4 is 10.1 Å². The van der Waals surface area contributed by atoms with E-state index in [2.05, 4.69) is 10.1 Å². The van der Waals surface area contributed by atoms with Crippen LogP contribution >= 0.6 is 11.6 Å². The maximum Gasteiger partial charge on any atom is 0.341 e. The number of hydrogen-bond donors (Lipinski definition) is 1. The molecule has 2 aromatic carbocycles. The molecule has 6 heteroatoms. The number of nitrogens with one attached hydrogen (secondary N) is 1. The van der Waals surface area contributed by atoms with Gasteiger partial charge in [-0.25, -0.2) is 4.79 Å². The summed E-state index contributed by atoms with van der Waals surface area (Å²) >= 11 is 5.95. The number of esters is 1. The van der Waals surface area contributed by atoms with Crippen molar-refractivity contribution < 1.29 is 19.1 Å². The second kappa shape index (κ2) is 7.47. The molecule has 1 amide bonds. The fourth-order valence-electron chi connectivity index (χ4n) is 1.76. The monoisotopic (exact) mass is 319 g/mol. The van der Waals surface area contributed by atoms with Crippen molar-refractivity contribution in [2.45, 2.75) is 0 Å². The molecule has 0 aliphatic heterocycles. The van der Waals surface area contributed by atoms with E-state index in [4.69, 9.17) is 16.3 Å². The molecule has 0 radical (unpaired) electrons. The number of hydrogen-bond acceptors (Lipinski definition) is 4. The molecule has 1 N–H and O–H groups in total. The molecule has 0 unspecified atom stereocenters. The summed E-state index contributed by atoms with van der Waals surface area (Å²) < 4.78 is 10.0. The lowest BCUT2D eigenvalue weighted by atomic mass is 10.2. The average Bonchev–Trinajstić information content (AvgIpc) is 2.54. The Hall–Kier alpha value is -2.53. The normalized spacial score (nSPS) is 9.91. The Kier molecular flexibility index (Phi) is 5.38. The quantitative estimate of drug-likeness (QED) is 0.860. The fourth-order valence-corrected chi connectivity index (χ4v) is 1.95. The summed E-state index contributed by atoms with van der Waals surface area (Å²) in [5, 5.41) is 3.07. The van der Waals surface area contributed by atoms with Gasteiger partial charge in [-0.15, -0.1) is 0 Å². The molecule has 0 heterocycles. The van der Waals surface area contributed by atoms with E-state index >= 15 is 0 Å². The first kappa shape index (κ1) is 15.9. The van der Waals surface area contributed by atoms with Gasteiger partial charge in [0.1, 0.15) is 11.3 Å². The van der Waals surface area contributed by atoms with Gasteiger partial charge >= 0.3 is 5.97 Å². The van der Waals surface area contributed by atoms with Crippen molar-refractivity contribution in [3.63, 3.8) is 0 Å². The number of halogens is 1. The second-order valence-corrected chi connectivity index (χ2v) is 4.71. The molecular weight excluding hydrogens is 306 g/mol. The van der Waals surface area contributed by atoms with E-state index in [0.29, 0.717) is 10.7 Å².